The van der Waals surface area contributed by atoms with E-state index in [0.29, 0.717) is 23.6 Å². The Morgan fingerprint density at radius 2 is 2.21 bits per heavy atom. The summed E-state index contributed by atoms with van der Waals surface area (Å²) in [5.41, 5.74) is 8.23. The van der Waals surface area contributed by atoms with E-state index in [1.54, 1.807) is 32.1 Å². The molecule has 0 saturated heterocycles. The molecule has 0 spiro atoms. The van der Waals surface area contributed by atoms with E-state index in [4.69, 9.17) is 5.73 Å². The van der Waals surface area contributed by atoms with E-state index < -0.39 is 0 Å². The molecule has 0 aromatic carbocycles. The van der Waals surface area contributed by atoms with Gasteiger partial charge in [0.05, 0.1) is 23.6 Å². The average Bonchev–Trinajstić information content (AvgIpc) is 2.63. The third-order valence-corrected chi connectivity index (χ3v) is 2.94. The molecule has 0 fully saturated rings. The normalized spacial score (nSPS) is 10.5. The molecule has 19 heavy (non-hydrogen) atoms. The van der Waals surface area contributed by atoms with Crippen LogP contribution >= 0.6 is 0 Å². The molecule has 0 radical (unpaired) electrons. The van der Waals surface area contributed by atoms with E-state index in [9.17, 15) is 4.79 Å². The summed E-state index contributed by atoms with van der Waals surface area (Å²) in [7, 11) is 3.43. The molecule has 2 aromatic rings. The number of aryl methyl sites for hydroxylation is 2. The van der Waals surface area contributed by atoms with Gasteiger partial charge in [-0.3, -0.25) is 14.5 Å². The highest BCUT2D eigenvalue weighted by atomic mass is 16.2. The molecule has 0 aliphatic carbocycles. The molecule has 6 nitrogen and oxygen atoms in total. The fourth-order valence-corrected chi connectivity index (χ4v) is 1.92. The molecular formula is C13H17N5O. The number of anilines is 1. The lowest BCUT2D eigenvalue weighted by molar-refractivity contribution is 0.0773. The second-order valence-corrected chi connectivity index (χ2v) is 4.45. The Morgan fingerprint density at radius 3 is 2.74 bits per heavy atom. The SMILES string of the molecule is Cc1nn(C)c(C(=O)N(C)Cc2ccccn2)c1N. The maximum atomic E-state index is 12.4. The highest BCUT2D eigenvalue weighted by Gasteiger charge is 2.21. The van der Waals surface area contributed by atoms with Gasteiger partial charge in [0.2, 0.25) is 0 Å². The van der Waals surface area contributed by atoms with Crippen LogP contribution in [0.3, 0.4) is 0 Å². The molecule has 0 aliphatic rings. The first-order valence-electron chi connectivity index (χ1n) is 5.95. The summed E-state index contributed by atoms with van der Waals surface area (Å²) in [6.07, 6.45) is 1.70. The number of pyridine rings is 1. The van der Waals surface area contributed by atoms with Crippen LogP contribution in [0, 0.1) is 6.92 Å². The molecule has 2 aromatic heterocycles. The molecule has 2 rings (SSSR count). The van der Waals surface area contributed by atoms with Gasteiger partial charge in [0, 0.05) is 20.3 Å². The summed E-state index contributed by atoms with van der Waals surface area (Å²) in [5.74, 6) is -0.161. The van der Waals surface area contributed by atoms with Crippen molar-refractivity contribution in [3.63, 3.8) is 0 Å². The second kappa shape index (κ2) is 5.09. The molecule has 6 heteroatoms. The van der Waals surface area contributed by atoms with Gasteiger partial charge in [-0.05, 0) is 19.1 Å². The number of hydrogen-bond donors (Lipinski definition) is 1. The van der Waals surface area contributed by atoms with E-state index >= 15 is 0 Å². The van der Waals surface area contributed by atoms with Crippen LogP contribution in [0.1, 0.15) is 21.9 Å². The van der Waals surface area contributed by atoms with Gasteiger partial charge in [-0.15, -0.1) is 0 Å². The molecular weight excluding hydrogens is 242 g/mol. The van der Waals surface area contributed by atoms with Gasteiger partial charge in [-0.25, -0.2) is 0 Å². The first-order valence-corrected chi connectivity index (χ1v) is 5.95. The molecule has 0 atom stereocenters. The van der Waals surface area contributed by atoms with Crippen molar-refractivity contribution in [3.8, 4) is 0 Å². The number of carbonyl (C=O) groups is 1. The van der Waals surface area contributed by atoms with Gasteiger partial charge < -0.3 is 10.6 Å². The van der Waals surface area contributed by atoms with Crippen molar-refractivity contribution in [1.82, 2.24) is 19.7 Å². The molecule has 100 valence electrons. The van der Waals surface area contributed by atoms with E-state index in [-0.39, 0.29) is 5.91 Å². The van der Waals surface area contributed by atoms with Crippen molar-refractivity contribution in [1.29, 1.82) is 0 Å². The van der Waals surface area contributed by atoms with Crippen molar-refractivity contribution in [3.05, 3.63) is 41.5 Å². The fourth-order valence-electron chi connectivity index (χ4n) is 1.92. The van der Waals surface area contributed by atoms with Crippen molar-refractivity contribution < 1.29 is 4.79 Å². The van der Waals surface area contributed by atoms with Crippen LogP contribution in [0.5, 0.6) is 0 Å². The zero-order chi connectivity index (χ0) is 14.0. The zero-order valence-electron chi connectivity index (χ0n) is 11.3. The highest BCUT2D eigenvalue weighted by Crippen LogP contribution is 2.17. The van der Waals surface area contributed by atoms with Crippen molar-refractivity contribution in [2.75, 3.05) is 12.8 Å². The van der Waals surface area contributed by atoms with Gasteiger partial charge in [0.1, 0.15) is 5.69 Å². The van der Waals surface area contributed by atoms with E-state index in [2.05, 4.69) is 10.1 Å². The number of hydrogen-bond acceptors (Lipinski definition) is 4. The molecule has 0 saturated carbocycles. The van der Waals surface area contributed by atoms with Crippen LogP contribution < -0.4 is 5.73 Å². The average molecular weight is 259 g/mol. The van der Waals surface area contributed by atoms with Crippen LogP contribution in [0.25, 0.3) is 0 Å². The Kier molecular flexibility index (Phi) is 3.50. The van der Waals surface area contributed by atoms with Crippen LogP contribution in [-0.4, -0.2) is 32.6 Å². The summed E-state index contributed by atoms with van der Waals surface area (Å²) in [5, 5.41) is 4.15. The maximum absolute atomic E-state index is 12.4. The Morgan fingerprint density at radius 1 is 1.47 bits per heavy atom. The molecule has 0 unspecified atom stereocenters. The first-order chi connectivity index (χ1) is 9.00. The number of rotatable bonds is 3. The summed E-state index contributed by atoms with van der Waals surface area (Å²) in [4.78, 5) is 18.1. The maximum Gasteiger partial charge on any atom is 0.274 e. The first kappa shape index (κ1) is 13.1. The van der Waals surface area contributed by atoms with Crippen LogP contribution in [0.2, 0.25) is 0 Å². The number of aromatic nitrogens is 3. The molecule has 0 aliphatic heterocycles. The minimum Gasteiger partial charge on any atom is -0.395 e. The summed E-state index contributed by atoms with van der Waals surface area (Å²) >= 11 is 0. The van der Waals surface area contributed by atoms with Gasteiger partial charge in [0.25, 0.3) is 5.91 Å². The minimum atomic E-state index is -0.161. The number of carbonyl (C=O) groups excluding carboxylic acids is 1. The zero-order valence-corrected chi connectivity index (χ0v) is 11.3. The predicted octanol–water partition coefficient (Wildman–Crippen LogP) is 0.978. The molecule has 2 N–H and O–H groups in total. The lowest BCUT2D eigenvalue weighted by Crippen LogP contribution is -2.29. The van der Waals surface area contributed by atoms with Gasteiger partial charge in [-0.1, -0.05) is 6.07 Å². The standard InChI is InChI=1S/C13H17N5O/c1-9-11(14)12(18(3)16-9)13(19)17(2)8-10-6-4-5-7-15-10/h4-7H,8,14H2,1-3H3. The molecule has 0 bridgehead atoms. The third-order valence-electron chi connectivity index (χ3n) is 2.94. The third kappa shape index (κ3) is 2.57. The Labute approximate surface area is 111 Å². The smallest absolute Gasteiger partial charge is 0.274 e. The number of nitrogens with zero attached hydrogens (tertiary/aromatic N) is 4. The largest absolute Gasteiger partial charge is 0.395 e. The Bertz CT molecular complexity index is 591. The van der Waals surface area contributed by atoms with Crippen molar-refractivity contribution in [2.24, 2.45) is 7.05 Å². The Hall–Kier alpha value is -2.37. The quantitative estimate of drug-likeness (QED) is 0.891. The highest BCUT2D eigenvalue weighted by molar-refractivity contribution is 5.97. The van der Waals surface area contributed by atoms with Crippen LogP contribution in [0.15, 0.2) is 24.4 Å². The topological polar surface area (TPSA) is 77.0 Å². The summed E-state index contributed by atoms with van der Waals surface area (Å²) in [6.45, 7) is 2.22. The summed E-state index contributed by atoms with van der Waals surface area (Å²) in [6, 6.07) is 5.61. The van der Waals surface area contributed by atoms with Gasteiger partial charge in [0.15, 0.2) is 0 Å². The minimum absolute atomic E-state index is 0.161. The molecule has 2 heterocycles. The fraction of sp³-hybridized carbons (Fsp3) is 0.308. The second-order valence-electron chi connectivity index (χ2n) is 4.45. The van der Waals surface area contributed by atoms with E-state index in [1.807, 2.05) is 18.2 Å². The molecule has 1 amide bonds. The monoisotopic (exact) mass is 259 g/mol. The number of nitrogens with two attached hydrogens (primary N) is 1. The number of nitrogen functional groups attached to an aromatic ring is 1. The van der Waals surface area contributed by atoms with Crippen molar-refractivity contribution >= 4 is 11.6 Å². The van der Waals surface area contributed by atoms with Crippen LogP contribution in [-0.2, 0) is 13.6 Å². The van der Waals surface area contributed by atoms with Crippen molar-refractivity contribution in [2.45, 2.75) is 13.5 Å². The summed E-state index contributed by atoms with van der Waals surface area (Å²) < 4.78 is 1.52. The lowest BCUT2D eigenvalue weighted by atomic mass is 10.2. The van der Waals surface area contributed by atoms with Crippen LogP contribution in [0.4, 0.5) is 5.69 Å². The predicted molar refractivity (Wildman–Crippen MR) is 72.4 cm³/mol. The lowest BCUT2D eigenvalue weighted by Gasteiger charge is -2.17. The Balaban J connectivity index is 2.20. The van der Waals surface area contributed by atoms with E-state index in [0.717, 1.165) is 5.69 Å². The van der Waals surface area contributed by atoms with Gasteiger partial charge >= 0.3 is 0 Å². The van der Waals surface area contributed by atoms with Gasteiger partial charge in [-0.2, -0.15) is 5.10 Å². The van der Waals surface area contributed by atoms with E-state index in [1.165, 1.54) is 4.68 Å². The number of amides is 1.